The van der Waals surface area contributed by atoms with Crippen LogP contribution >= 0.6 is 11.8 Å². The summed E-state index contributed by atoms with van der Waals surface area (Å²) >= 11 is 1.22. The van der Waals surface area contributed by atoms with Crippen LogP contribution in [0.2, 0.25) is 0 Å². The van der Waals surface area contributed by atoms with Gasteiger partial charge in [0.15, 0.2) is 6.10 Å². The molecule has 1 heterocycles. The van der Waals surface area contributed by atoms with Gasteiger partial charge in [-0.05, 0) is 11.6 Å². The van der Waals surface area contributed by atoms with E-state index in [1.54, 1.807) is 24.3 Å². The molecule has 1 aromatic rings. The van der Waals surface area contributed by atoms with Crippen molar-refractivity contribution in [2.45, 2.75) is 23.3 Å². The van der Waals surface area contributed by atoms with Gasteiger partial charge in [0.05, 0.1) is 6.10 Å². The molecule has 0 bridgehead atoms. The molecule has 0 amide bonds. The van der Waals surface area contributed by atoms with E-state index in [-0.39, 0.29) is 5.75 Å². The lowest BCUT2D eigenvalue weighted by Crippen LogP contribution is -2.41. The summed E-state index contributed by atoms with van der Waals surface area (Å²) in [4.78, 5) is 0.769. The SMILES string of the molecule is O[C@@H]1c2ccccc2SC[C@@H]1[C@H](O)C(F)(F)F. The largest absolute Gasteiger partial charge is 0.414 e. The molecule has 0 aromatic heterocycles. The number of thioether (sulfide) groups is 1. The Bertz CT molecular complexity index is 408. The Hall–Kier alpha value is -0.720. The molecule has 0 aliphatic carbocycles. The highest BCUT2D eigenvalue weighted by atomic mass is 32.2. The molecular formula is C11H11F3O2S. The van der Waals surface area contributed by atoms with Crippen molar-refractivity contribution in [3.8, 4) is 0 Å². The van der Waals surface area contributed by atoms with Crippen LogP contribution in [0, 0.1) is 5.92 Å². The van der Waals surface area contributed by atoms with E-state index < -0.39 is 24.3 Å². The van der Waals surface area contributed by atoms with E-state index in [9.17, 15) is 23.4 Å². The second-order valence-electron chi connectivity index (χ2n) is 3.94. The minimum atomic E-state index is -4.70. The Kier molecular flexibility index (Phi) is 3.38. The van der Waals surface area contributed by atoms with E-state index in [1.165, 1.54) is 11.8 Å². The minimum absolute atomic E-state index is 0.0544. The number of aliphatic hydroxyl groups is 2. The zero-order chi connectivity index (χ0) is 12.6. The zero-order valence-corrected chi connectivity index (χ0v) is 9.50. The predicted octanol–water partition coefficient (Wildman–Crippen LogP) is 2.37. The van der Waals surface area contributed by atoms with Gasteiger partial charge in [-0.15, -0.1) is 11.8 Å². The van der Waals surface area contributed by atoms with Crippen LogP contribution < -0.4 is 0 Å². The first kappa shape index (κ1) is 12.7. The molecule has 0 spiro atoms. The summed E-state index contributed by atoms with van der Waals surface area (Å²) < 4.78 is 37.2. The molecule has 94 valence electrons. The summed E-state index contributed by atoms with van der Waals surface area (Å²) in [5.41, 5.74) is 0.456. The average Bonchev–Trinajstić information content (AvgIpc) is 2.28. The van der Waals surface area contributed by atoms with E-state index in [2.05, 4.69) is 0 Å². The standard InChI is InChI=1S/C11H11F3O2S/c12-11(13,14)10(16)7-5-17-8-4-2-1-3-6(8)9(7)15/h1-4,7,9-10,15-16H,5H2/t7-,9+,10-/m0/s1. The second-order valence-corrected chi connectivity index (χ2v) is 5.01. The van der Waals surface area contributed by atoms with Crippen LogP contribution in [0.15, 0.2) is 29.2 Å². The molecule has 6 heteroatoms. The Labute approximate surface area is 100 Å². The topological polar surface area (TPSA) is 40.5 Å². The third kappa shape index (κ3) is 2.43. The smallest absolute Gasteiger partial charge is 0.388 e. The third-order valence-corrected chi connectivity index (χ3v) is 4.05. The van der Waals surface area contributed by atoms with Gasteiger partial charge in [0.1, 0.15) is 0 Å². The van der Waals surface area contributed by atoms with Gasteiger partial charge >= 0.3 is 6.18 Å². The lowest BCUT2D eigenvalue weighted by Gasteiger charge is -2.33. The number of hydrogen-bond acceptors (Lipinski definition) is 3. The van der Waals surface area contributed by atoms with Crippen LogP contribution in [0.25, 0.3) is 0 Å². The highest BCUT2D eigenvalue weighted by molar-refractivity contribution is 7.99. The Morgan fingerprint density at radius 2 is 1.94 bits per heavy atom. The maximum Gasteiger partial charge on any atom is 0.414 e. The maximum atomic E-state index is 12.4. The first-order valence-electron chi connectivity index (χ1n) is 5.06. The fourth-order valence-electron chi connectivity index (χ4n) is 1.87. The first-order valence-corrected chi connectivity index (χ1v) is 6.04. The van der Waals surface area contributed by atoms with Gasteiger partial charge in [0.2, 0.25) is 0 Å². The zero-order valence-electron chi connectivity index (χ0n) is 8.69. The van der Waals surface area contributed by atoms with Crippen molar-refractivity contribution < 1.29 is 23.4 Å². The molecule has 0 unspecified atom stereocenters. The van der Waals surface area contributed by atoms with Crippen LogP contribution in [0.4, 0.5) is 13.2 Å². The molecule has 2 N–H and O–H groups in total. The quantitative estimate of drug-likeness (QED) is 0.818. The first-order chi connectivity index (χ1) is 7.91. The third-order valence-electron chi connectivity index (χ3n) is 2.82. The number of halogens is 3. The number of hydrogen-bond donors (Lipinski definition) is 2. The number of benzene rings is 1. The Morgan fingerprint density at radius 1 is 1.29 bits per heavy atom. The van der Waals surface area contributed by atoms with E-state index in [0.717, 1.165) is 4.90 Å². The molecular weight excluding hydrogens is 253 g/mol. The summed E-state index contributed by atoms with van der Waals surface area (Å²) in [5.74, 6) is -1.16. The fourth-order valence-corrected chi connectivity index (χ4v) is 3.14. The molecule has 1 aliphatic rings. The fraction of sp³-hybridized carbons (Fsp3) is 0.455. The molecule has 17 heavy (non-hydrogen) atoms. The maximum absolute atomic E-state index is 12.4. The van der Waals surface area contributed by atoms with E-state index >= 15 is 0 Å². The van der Waals surface area contributed by atoms with Crippen molar-refractivity contribution >= 4 is 11.8 Å². The molecule has 3 atom stereocenters. The number of aliphatic hydroxyl groups excluding tert-OH is 2. The van der Waals surface area contributed by atoms with Crippen LogP contribution in [-0.4, -0.2) is 28.2 Å². The number of fused-ring (bicyclic) bond motifs is 1. The minimum Gasteiger partial charge on any atom is -0.388 e. The second kappa shape index (κ2) is 4.51. The van der Waals surface area contributed by atoms with Crippen molar-refractivity contribution in [2.75, 3.05) is 5.75 Å². The van der Waals surface area contributed by atoms with Gasteiger partial charge in [-0.1, -0.05) is 18.2 Å². The Balaban J connectivity index is 2.26. The van der Waals surface area contributed by atoms with Gasteiger partial charge in [-0.2, -0.15) is 13.2 Å². The average molecular weight is 264 g/mol. The molecule has 0 radical (unpaired) electrons. The number of rotatable bonds is 1. The van der Waals surface area contributed by atoms with Gasteiger partial charge in [-0.3, -0.25) is 0 Å². The van der Waals surface area contributed by atoms with Crippen molar-refractivity contribution in [1.82, 2.24) is 0 Å². The normalized spacial score (nSPS) is 26.4. The molecule has 2 rings (SSSR count). The molecule has 0 saturated carbocycles. The number of alkyl halides is 3. The predicted molar refractivity (Wildman–Crippen MR) is 57.7 cm³/mol. The summed E-state index contributed by atoms with van der Waals surface area (Å²) in [6.07, 6.45) is -8.46. The van der Waals surface area contributed by atoms with Gasteiger partial charge in [0.25, 0.3) is 0 Å². The molecule has 2 nitrogen and oxygen atoms in total. The van der Waals surface area contributed by atoms with Crippen LogP contribution in [0.1, 0.15) is 11.7 Å². The molecule has 1 aromatic carbocycles. The van der Waals surface area contributed by atoms with Crippen LogP contribution in [0.3, 0.4) is 0 Å². The highest BCUT2D eigenvalue weighted by Gasteiger charge is 2.47. The van der Waals surface area contributed by atoms with E-state index in [0.29, 0.717) is 5.56 Å². The molecule has 0 fully saturated rings. The van der Waals surface area contributed by atoms with Crippen LogP contribution in [-0.2, 0) is 0 Å². The van der Waals surface area contributed by atoms with Gasteiger partial charge < -0.3 is 10.2 Å². The monoisotopic (exact) mass is 264 g/mol. The lowest BCUT2D eigenvalue weighted by atomic mass is 9.91. The van der Waals surface area contributed by atoms with Crippen molar-refractivity contribution in [2.24, 2.45) is 5.92 Å². The summed E-state index contributed by atoms with van der Waals surface area (Å²) in [6.45, 7) is 0. The van der Waals surface area contributed by atoms with Gasteiger partial charge in [0, 0.05) is 16.6 Å². The summed E-state index contributed by atoms with van der Waals surface area (Å²) in [6, 6.07) is 6.76. The van der Waals surface area contributed by atoms with Crippen molar-refractivity contribution in [1.29, 1.82) is 0 Å². The Morgan fingerprint density at radius 3 is 2.59 bits per heavy atom. The highest BCUT2D eigenvalue weighted by Crippen LogP contribution is 2.43. The van der Waals surface area contributed by atoms with Gasteiger partial charge in [-0.25, -0.2) is 0 Å². The summed E-state index contributed by atoms with van der Waals surface area (Å²) in [5, 5.41) is 19.1. The molecule has 0 saturated heterocycles. The lowest BCUT2D eigenvalue weighted by molar-refractivity contribution is -0.226. The van der Waals surface area contributed by atoms with Crippen molar-refractivity contribution in [3.63, 3.8) is 0 Å². The van der Waals surface area contributed by atoms with E-state index in [4.69, 9.17) is 0 Å². The van der Waals surface area contributed by atoms with Crippen LogP contribution in [0.5, 0.6) is 0 Å². The van der Waals surface area contributed by atoms with Crippen molar-refractivity contribution in [3.05, 3.63) is 29.8 Å². The molecule has 1 aliphatic heterocycles. The van der Waals surface area contributed by atoms with E-state index in [1.807, 2.05) is 0 Å². The summed E-state index contributed by atoms with van der Waals surface area (Å²) in [7, 11) is 0.